The van der Waals surface area contributed by atoms with Crippen LogP contribution in [0.2, 0.25) is 5.02 Å². The van der Waals surface area contributed by atoms with Crippen molar-refractivity contribution in [3.05, 3.63) is 94.5 Å². The highest BCUT2D eigenvalue weighted by Crippen LogP contribution is 2.44. The van der Waals surface area contributed by atoms with Gasteiger partial charge in [-0.1, -0.05) is 85.1 Å². The number of alkyl halides is 3. The van der Waals surface area contributed by atoms with E-state index in [1.54, 1.807) is 0 Å². The van der Waals surface area contributed by atoms with Gasteiger partial charge in [0.25, 0.3) is 5.91 Å². The van der Waals surface area contributed by atoms with Crippen molar-refractivity contribution in [1.29, 1.82) is 0 Å². The Kier molecular flexibility index (Phi) is 7.25. The summed E-state index contributed by atoms with van der Waals surface area (Å²) in [6.45, 7) is 0. The van der Waals surface area contributed by atoms with Crippen LogP contribution in [0.15, 0.2) is 72.8 Å². The Morgan fingerprint density at radius 1 is 0.914 bits per heavy atom. The van der Waals surface area contributed by atoms with E-state index in [1.165, 1.54) is 12.1 Å². The molecule has 4 rings (SSSR count). The monoisotopic (exact) mass is 500 g/mol. The molecule has 35 heavy (non-hydrogen) atoms. The molecule has 7 heteroatoms. The lowest BCUT2D eigenvalue weighted by Gasteiger charge is -2.44. The summed E-state index contributed by atoms with van der Waals surface area (Å²) in [4.78, 5) is 15.5. The number of hydrogen-bond acceptors (Lipinski definition) is 2. The smallest absolute Gasteiger partial charge is 0.343 e. The van der Waals surface area contributed by atoms with Gasteiger partial charge >= 0.3 is 6.18 Å². The number of halogens is 4. The van der Waals surface area contributed by atoms with Crippen LogP contribution in [0.25, 0.3) is 11.1 Å². The molecule has 0 aromatic heterocycles. The lowest BCUT2D eigenvalue weighted by atomic mass is 9.81. The van der Waals surface area contributed by atoms with E-state index in [0.29, 0.717) is 0 Å². The second-order valence-corrected chi connectivity index (χ2v) is 9.64. The van der Waals surface area contributed by atoms with Crippen LogP contribution in [-0.4, -0.2) is 30.4 Å². The number of carbonyl (C=O) groups is 1. The van der Waals surface area contributed by atoms with Crippen LogP contribution in [0.5, 0.6) is 0 Å². The average Bonchev–Trinajstić information content (AvgIpc) is 3.34. The summed E-state index contributed by atoms with van der Waals surface area (Å²) in [6, 6.07) is 21.0. The van der Waals surface area contributed by atoms with Crippen molar-refractivity contribution in [3.8, 4) is 11.1 Å². The minimum Gasteiger partial charge on any atom is -0.343 e. The first-order chi connectivity index (χ1) is 16.6. The zero-order chi connectivity index (χ0) is 25.2. The van der Waals surface area contributed by atoms with Gasteiger partial charge in [-0.25, -0.2) is 0 Å². The number of carbonyl (C=O) groups excluding carboxylic acids is 1. The van der Waals surface area contributed by atoms with Crippen molar-refractivity contribution in [2.45, 2.75) is 43.4 Å². The molecule has 1 aliphatic rings. The largest absolute Gasteiger partial charge is 0.417 e. The Labute approximate surface area is 208 Å². The minimum atomic E-state index is -4.64. The minimum absolute atomic E-state index is 0.181. The van der Waals surface area contributed by atoms with Crippen molar-refractivity contribution >= 4 is 17.5 Å². The molecule has 1 N–H and O–H groups in total. The van der Waals surface area contributed by atoms with Gasteiger partial charge in [0, 0.05) is 5.54 Å². The Morgan fingerprint density at radius 3 is 2.09 bits per heavy atom. The normalized spacial score (nSPS) is 16.3. The van der Waals surface area contributed by atoms with E-state index in [4.69, 9.17) is 11.6 Å². The molecule has 3 aromatic carbocycles. The standard InChI is InChI=1S/C28H28ClF3N2O/c1-34(2)27(17-6-7-18-27)25(21-15-13-20(14-16-21)19-9-4-3-5-10-19)33-26(35)22-11-8-12-23(24(22)29)28(30,31)32/h3-5,8-16,25H,6-7,17-18H2,1-2H3,(H,33,35)/t25-/m1/s1. The number of benzene rings is 3. The highest BCUT2D eigenvalue weighted by atomic mass is 35.5. The number of hydrogen-bond donors (Lipinski definition) is 1. The lowest BCUT2D eigenvalue weighted by Crippen LogP contribution is -2.53. The molecule has 1 aliphatic carbocycles. The van der Waals surface area contributed by atoms with Crippen LogP contribution in [-0.2, 0) is 6.18 Å². The van der Waals surface area contributed by atoms with E-state index in [-0.39, 0.29) is 11.1 Å². The number of likely N-dealkylation sites (N-methyl/N-ethyl adjacent to an activating group) is 1. The van der Waals surface area contributed by atoms with Crippen LogP contribution in [0.3, 0.4) is 0 Å². The maximum atomic E-state index is 13.4. The van der Waals surface area contributed by atoms with Gasteiger partial charge in [-0.3, -0.25) is 4.79 Å². The summed E-state index contributed by atoms with van der Waals surface area (Å²) < 4.78 is 40.2. The van der Waals surface area contributed by atoms with Crippen LogP contribution in [0.4, 0.5) is 13.2 Å². The fraction of sp³-hybridized carbons (Fsp3) is 0.321. The Balaban J connectivity index is 1.72. The van der Waals surface area contributed by atoms with Crippen LogP contribution < -0.4 is 5.32 Å². The van der Waals surface area contributed by atoms with E-state index in [9.17, 15) is 18.0 Å². The highest BCUT2D eigenvalue weighted by molar-refractivity contribution is 6.34. The van der Waals surface area contributed by atoms with E-state index in [0.717, 1.165) is 48.4 Å². The summed E-state index contributed by atoms with van der Waals surface area (Å²) in [7, 11) is 3.97. The van der Waals surface area contributed by atoms with Gasteiger partial charge in [0.1, 0.15) is 0 Å². The van der Waals surface area contributed by atoms with Gasteiger partial charge in [-0.15, -0.1) is 0 Å². The third-order valence-electron chi connectivity index (χ3n) is 7.07. The first-order valence-electron chi connectivity index (χ1n) is 11.6. The Bertz CT molecular complexity index is 1170. The third-order valence-corrected chi connectivity index (χ3v) is 7.48. The zero-order valence-corrected chi connectivity index (χ0v) is 20.5. The lowest BCUT2D eigenvalue weighted by molar-refractivity contribution is -0.137. The molecule has 0 radical (unpaired) electrons. The predicted molar refractivity (Wildman–Crippen MR) is 133 cm³/mol. The summed E-state index contributed by atoms with van der Waals surface area (Å²) in [6.07, 6.45) is -0.895. The molecule has 0 aliphatic heterocycles. The van der Waals surface area contributed by atoms with Gasteiger partial charge in [-0.05, 0) is 55.8 Å². The molecule has 3 nitrogen and oxygen atoms in total. The average molecular weight is 501 g/mol. The fourth-order valence-corrected chi connectivity index (χ4v) is 5.46. The van der Waals surface area contributed by atoms with Crippen molar-refractivity contribution < 1.29 is 18.0 Å². The van der Waals surface area contributed by atoms with Crippen molar-refractivity contribution in [2.75, 3.05) is 14.1 Å². The Hall–Kier alpha value is -2.83. The molecule has 1 fully saturated rings. The molecule has 1 atom stereocenters. The SMILES string of the molecule is CN(C)C1([C@H](NC(=O)c2cccc(C(F)(F)F)c2Cl)c2ccc(-c3ccccc3)cc2)CCCC1. The zero-order valence-electron chi connectivity index (χ0n) is 19.7. The molecule has 0 heterocycles. The van der Waals surface area contributed by atoms with E-state index in [1.807, 2.05) is 68.7 Å². The van der Waals surface area contributed by atoms with Crippen molar-refractivity contribution in [2.24, 2.45) is 0 Å². The molecular formula is C28H28ClF3N2O. The summed E-state index contributed by atoms with van der Waals surface area (Å²) in [5.41, 5.74) is 1.47. The van der Waals surface area contributed by atoms with Crippen molar-refractivity contribution in [3.63, 3.8) is 0 Å². The molecule has 0 saturated heterocycles. The number of rotatable bonds is 6. The fourth-order valence-electron chi connectivity index (χ4n) is 5.14. The molecule has 0 unspecified atom stereocenters. The maximum Gasteiger partial charge on any atom is 0.417 e. The van der Waals surface area contributed by atoms with Gasteiger partial charge in [0.15, 0.2) is 0 Å². The van der Waals surface area contributed by atoms with E-state index < -0.39 is 28.7 Å². The van der Waals surface area contributed by atoms with E-state index in [2.05, 4.69) is 10.2 Å². The van der Waals surface area contributed by atoms with Gasteiger partial charge in [-0.2, -0.15) is 13.2 Å². The molecule has 0 bridgehead atoms. The number of amides is 1. The highest BCUT2D eigenvalue weighted by Gasteiger charge is 2.45. The van der Waals surface area contributed by atoms with Gasteiger partial charge in [0.05, 0.1) is 22.2 Å². The second kappa shape index (κ2) is 10.0. The third kappa shape index (κ3) is 5.09. The molecule has 3 aromatic rings. The second-order valence-electron chi connectivity index (χ2n) is 9.26. The first kappa shape index (κ1) is 25.3. The molecule has 0 spiro atoms. The van der Waals surface area contributed by atoms with Gasteiger partial charge < -0.3 is 10.2 Å². The summed E-state index contributed by atoms with van der Waals surface area (Å²) >= 11 is 6.07. The topological polar surface area (TPSA) is 32.3 Å². The quantitative estimate of drug-likeness (QED) is 0.383. The van der Waals surface area contributed by atoms with Crippen LogP contribution in [0.1, 0.15) is 53.2 Å². The molecule has 1 saturated carbocycles. The maximum absolute atomic E-state index is 13.4. The first-order valence-corrected chi connectivity index (χ1v) is 12.0. The molecular weight excluding hydrogens is 473 g/mol. The van der Waals surface area contributed by atoms with Crippen molar-refractivity contribution in [1.82, 2.24) is 10.2 Å². The molecule has 184 valence electrons. The summed E-state index contributed by atoms with van der Waals surface area (Å²) in [5, 5.41) is 2.48. The Morgan fingerprint density at radius 2 is 1.51 bits per heavy atom. The van der Waals surface area contributed by atoms with E-state index >= 15 is 0 Å². The molecule has 1 amide bonds. The number of nitrogens with one attached hydrogen (secondary N) is 1. The summed E-state index contributed by atoms with van der Waals surface area (Å²) in [5.74, 6) is -0.619. The van der Waals surface area contributed by atoms with Crippen LogP contribution in [0, 0.1) is 0 Å². The predicted octanol–water partition coefficient (Wildman–Crippen LogP) is 7.37. The van der Waals surface area contributed by atoms with Gasteiger partial charge in [0.2, 0.25) is 0 Å². The number of nitrogens with zero attached hydrogens (tertiary/aromatic N) is 1. The van der Waals surface area contributed by atoms with Crippen LogP contribution >= 0.6 is 11.6 Å².